The summed E-state index contributed by atoms with van der Waals surface area (Å²) >= 11 is 1.87. The monoisotopic (exact) mass is 987 g/mol. The SMILES string of the molecule is c1ccc(-c2cc(-c3ccccc3)cc([Si](c3ccccc3)(c3ccccc3)c3cc(-c4ccccc4)c(-n4c5ccccc5c5cc(-c6cccc7sc8ccccc8c67)ccc54)c(-c4ccccc4)c3)c2)cc1. The number of aromatic nitrogens is 1. The quantitative estimate of drug-likeness (QED) is 0.0951. The third-order valence-corrected chi connectivity index (χ3v) is 21.2. The number of thiophene rings is 1. The van der Waals surface area contributed by atoms with Crippen molar-refractivity contribution in [1.82, 2.24) is 4.57 Å². The number of nitrogens with zero attached hydrogens (tertiary/aromatic N) is 1. The molecular formula is C72H49NSSi. The van der Waals surface area contributed by atoms with Gasteiger partial charge in [0.05, 0.1) is 16.7 Å². The molecule has 0 aliphatic heterocycles. The zero-order chi connectivity index (χ0) is 49.7. The molecule has 3 heteroatoms. The van der Waals surface area contributed by atoms with E-state index in [1.165, 1.54) is 107 Å². The molecule has 0 aliphatic carbocycles. The molecule has 0 amide bonds. The van der Waals surface area contributed by atoms with Gasteiger partial charge in [0, 0.05) is 42.1 Å². The maximum Gasteiger partial charge on any atom is 0.179 e. The summed E-state index contributed by atoms with van der Waals surface area (Å²) in [6.45, 7) is 0. The molecule has 2 aromatic heterocycles. The lowest BCUT2D eigenvalue weighted by Crippen LogP contribution is -2.74. The predicted molar refractivity (Wildman–Crippen MR) is 324 cm³/mol. The Bertz CT molecular complexity index is 4220. The Labute approximate surface area is 442 Å². The van der Waals surface area contributed by atoms with Gasteiger partial charge in [-0.3, -0.25) is 0 Å². The van der Waals surface area contributed by atoms with E-state index in [2.05, 4.69) is 302 Å². The smallest absolute Gasteiger partial charge is 0.179 e. The molecule has 12 aromatic carbocycles. The highest BCUT2D eigenvalue weighted by Gasteiger charge is 2.43. The van der Waals surface area contributed by atoms with Crippen LogP contribution in [0.3, 0.4) is 0 Å². The number of hydrogen-bond donors (Lipinski definition) is 0. The van der Waals surface area contributed by atoms with Crippen LogP contribution in [0.15, 0.2) is 297 Å². The first-order valence-electron chi connectivity index (χ1n) is 25.8. The Morgan fingerprint density at radius 1 is 0.253 bits per heavy atom. The van der Waals surface area contributed by atoms with Crippen LogP contribution >= 0.6 is 11.3 Å². The molecule has 0 saturated carbocycles. The number of para-hydroxylation sites is 1. The van der Waals surface area contributed by atoms with E-state index < -0.39 is 8.07 Å². The highest BCUT2D eigenvalue weighted by atomic mass is 32.1. The van der Waals surface area contributed by atoms with Crippen LogP contribution in [0.4, 0.5) is 0 Å². The molecule has 75 heavy (non-hydrogen) atoms. The summed E-state index contributed by atoms with van der Waals surface area (Å²) in [5.41, 5.74) is 15.5. The van der Waals surface area contributed by atoms with Gasteiger partial charge in [-0.2, -0.15) is 0 Å². The number of rotatable bonds is 10. The van der Waals surface area contributed by atoms with E-state index in [0.717, 1.165) is 16.8 Å². The van der Waals surface area contributed by atoms with Crippen molar-refractivity contribution in [2.45, 2.75) is 0 Å². The van der Waals surface area contributed by atoms with Gasteiger partial charge in [-0.1, -0.05) is 261 Å². The summed E-state index contributed by atoms with van der Waals surface area (Å²) in [5.74, 6) is 0. The Morgan fingerprint density at radius 2 is 0.707 bits per heavy atom. The lowest BCUT2D eigenvalue weighted by Gasteiger charge is -2.36. The van der Waals surface area contributed by atoms with Crippen molar-refractivity contribution in [1.29, 1.82) is 0 Å². The summed E-state index contributed by atoms with van der Waals surface area (Å²) in [7, 11) is -3.26. The van der Waals surface area contributed by atoms with E-state index in [0.29, 0.717) is 0 Å². The Hall–Kier alpha value is -9.12. The first-order chi connectivity index (χ1) is 37.2. The zero-order valence-electron chi connectivity index (χ0n) is 41.1. The molecule has 2 heterocycles. The highest BCUT2D eigenvalue weighted by Crippen LogP contribution is 2.45. The van der Waals surface area contributed by atoms with Crippen LogP contribution < -0.4 is 20.7 Å². The lowest BCUT2D eigenvalue weighted by molar-refractivity contribution is 1.18. The van der Waals surface area contributed by atoms with Crippen LogP contribution in [-0.2, 0) is 0 Å². The second-order valence-corrected chi connectivity index (χ2v) is 24.4. The maximum atomic E-state index is 2.58. The standard InChI is InChI=1S/C72H49NSSi/c1-7-24-50(25-8-1)55-44-56(51-26-9-2-10-27-51)46-59(45-55)75(57-32-15-5-16-33-57,58-34-17-6-18-35-58)60-48-64(52-28-11-3-12-29-52)72(65(49-60)53-30-13-4-14-31-53)73-67-39-21-19-36-62(67)66-47-54(42-43-68(66)73)61-38-23-41-70-71(61)63-37-20-22-40-69(63)74-70/h1-49H. The highest BCUT2D eigenvalue weighted by molar-refractivity contribution is 7.26. The normalized spacial score (nSPS) is 11.7. The molecule has 0 atom stereocenters. The topological polar surface area (TPSA) is 4.93 Å². The van der Waals surface area contributed by atoms with Gasteiger partial charge >= 0.3 is 0 Å². The van der Waals surface area contributed by atoms with Gasteiger partial charge in [-0.05, 0) is 102 Å². The molecule has 0 N–H and O–H groups in total. The molecule has 0 saturated heterocycles. The molecule has 14 rings (SSSR count). The molecule has 0 unspecified atom stereocenters. The van der Waals surface area contributed by atoms with Gasteiger partial charge in [0.15, 0.2) is 8.07 Å². The summed E-state index contributed by atoms with van der Waals surface area (Å²) < 4.78 is 5.20. The minimum atomic E-state index is -3.26. The van der Waals surface area contributed by atoms with Crippen LogP contribution in [0, 0.1) is 0 Å². The summed E-state index contributed by atoms with van der Waals surface area (Å²) in [4.78, 5) is 0. The first kappa shape index (κ1) is 44.6. The third-order valence-electron chi connectivity index (χ3n) is 15.3. The van der Waals surface area contributed by atoms with Crippen molar-refractivity contribution < 1.29 is 0 Å². The van der Waals surface area contributed by atoms with Crippen LogP contribution in [0.1, 0.15) is 0 Å². The van der Waals surface area contributed by atoms with E-state index in [4.69, 9.17) is 0 Å². The van der Waals surface area contributed by atoms with E-state index in [-0.39, 0.29) is 0 Å². The number of fused-ring (bicyclic) bond motifs is 6. The molecule has 0 radical (unpaired) electrons. The van der Waals surface area contributed by atoms with E-state index in [1.807, 2.05) is 11.3 Å². The van der Waals surface area contributed by atoms with Gasteiger partial charge in [-0.25, -0.2) is 0 Å². The predicted octanol–water partition coefficient (Wildman–Crippen LogP) is 16.9. The summed E-state index contributed by atoms with van der Waals surface area (Å²) in [6.07, 6.45) is 0. The van der Waals surface area contributed by atoms with Crippen molar-refractivity contribution in [2.24, 2.45) is 0 Å². The van der Waals surface area contributed by atoms with E-state index in [1.54, 1.807) is 0 Å². The molecule has 14 aromatic rings. The fraction of sp³-hybridized carbons (Fsp3) is 0. The van der Waals surface area contributed by atoms with Crippen molar-refractivity contribution in [3.63, 3.8) is 0 Å². The molecule has 1 nitrogen and oxygen atoms in total. The summed E-state index contributed by atoms with van der Waals surface area (Å²) in [5, 5.41) is 10.4. The van der Waals surface area contributed by atoms with Gasteiger partial charge in [-0.15, -0.1) is 11.3 Å². The molecular weight excluding hydrogens is 939 g/mol. The zero-order valence-corrected chi connectivity index (χ0v) is 43.0. The number of hydrogen-bond acceptors (Lipinski definition) is 1. The minimum absolute atomic E-state index is 1.16. The largest absolute Gasteiger partial charge is 0.308 e. The van der Waals surface area contributed by atoms with Gasteiger partial charge in [0.25, 0.3) is 0 Å². The molecule has 0 aliphatic rings. The second-order valence-electron chi connectivity index (χ2n) is 19.5. The van der Waals surface area contributed by atoms with Crippen LogP contribution in [-0.4, -0.2) is 12.6 Å². The van der Waals surface area contributed by atoms with Crippen LogP contribution in [0.2, 0.25) is 0 Å². The van der Waals surface area contributed by atoms with Crippen LogP contribution in [0.25, 0.3) is 103 Å². The Morgan fingerprint density at radius 3 is 1.28 bits per heavy atom. The number of benzene rings is 12. The fourth-order valence-corrected chi connectivity index (χ4v) is 18.0. The van der Waals surface area contributed by atoms with Gasteiger partial charge in [0.1, 0.15) is 0 Å². The fourth-order valence-electron chi connectivity index (χ4n) is 12.0. The minimum Gasteiger partial charge on any atom is -0.308 e. The van der Waals surface area contributed by atoms with Gasteiger partial charge < -0.3 is 4.57 Å². The maximum absolute atomic E-state index is 3.26. The van der Waals surface area contributed by atoms with Crippen molar-refractivity contribution >= 4 is 82.1 Å². The molecule has 0 fully saturated rings. The van der Waals surface area contributed by atoms with E-state index >= 15 is 0 Å². The lowest BCUT2D eigenvalue weighted by atomic mass is 9.95. The Kier molecular flexibility index (Phi) is 11.1. The van der Waals surface area contributed by atoms with E-state index in [9.17, 15) is 0 Å². The van der Waals surface area contributed by atoms with Crippen molar-refractivity contribution in [2.75, 3.05) is 0 Å². The molecule has 352 valence electrons. The Balaban J connectivity index is 1.11. The average Bonchev–Trinajstić information content (AvgIpc) is 4.06. The van der Waals surface area contributed by atoms with Gasteiger partial charge in [0.2, 0.25) is 0 Å². The summed E-state index contributed by atoms with van der Waals surface area (Å²) in [6, 6.07) is 111. The van der Waals surface area contributed by atoms with Crippen molar-refractivity contribution in [3.05, 3.63) is 297 Å². The second kappa shape index (κ2) is 18.7. The third kappa shape index (κ3) is 7.59. The van der Waals surface area contributed by atoms with Crippen molar-refractivity contribution in [3.8, 4) is 61.3 Å². The molecule has 0 bridgehead atoms. The van der Waals surface area contributed by atoms with Crippen LogP contribution in [0.5, 0.6) is 0 Å². The average molecular weight is 988 g/mol. The first-order valence-corrected chi connectivity index (χ1v) is 28.6. The molecule has 0 spiro atoms.